The van der Waals surface area contributed by atoms with Crippen LogP contribution in [0.1, 0.15) is 20.7 Å². The third kappa shape index (κ3) is 5.42. The Morgan fingerprint density at radius 3 is 1.96 bits per heavy atom. The van der Waals surface area contributed by atoms with Crippen molar-refractivity contribution < 1.29 is 38.1 Å². The van der Waals surface area contributed by atoms with Gasteiger partial charge < -0.3 is 19.7 Å². The first-order valence-corrected chi connectivity index (χ1v) is 7.33. The van der Waals surface area contributed by atoms with Crippen molar-refractivity contribution >= 4 is 27.9 Å². The summed E-state index contributed by atoms with van der Waals surface area (Å²) in [5, 5.41) is 17.8. The Balaban J connectivity index is 0.000000251. The molecule has 25 heavy (non-hydrogen) atoms. The number of aromatic hydroxyl groups is 2. The standard InChI is InChI=1S/C8H6BrFO3.C8H7FO3/c1-13-8(12)4-2-5(9)7(11)3-6(4)10;1-12-8(11)6-3-2-5(10)4-7(6)9/h2-3,11H,1H3;2-4,10H,1H3. The number of halogens is 3. The summed E-state index contributed by atoms with van der Waals surface area (Å²) in [6.07, 6.45) is 0. The van der Waals surface area contributed by atoms with Gasteiger partial charge in [0.05, 0.1) is 29.8 Å². The molecule has 2 rings (SSSR count). The van der Waals surface area contributed by atoms with E-state index in [1.165, 1.54) is 6.07 Å². The Bertz CT molecular complexity index is 794. The third-order valence-electron chi connectivity index (χ3n) is 2.80. The fraction of sp³-hybridized carbons (Fsp3) is 0.125. The summed E-state index contributed by atoms with van der Waals surface area (Å²) in [6.45, 7) is 0. The van der Waals surface area contributed by atoms with Crippen LogP contribution in [0.3, 0.4) is 0 Å². The van der Waals surface area contributed by atoms with Gasteiger partial charge in [-0.05, 0) is 34.1 Å². The highest BCUT2D eigenvalue weighted by molar-refractivity contribution is 9.10. The van der Waals surface area contributed by atoms with Crippen molar-refractivity contribution in [2.75, 3.05) is 14.2 Å². The van der Waals surface area contributed by atoms with Crippen LogP contribution in [0.5, 0.6) is 11.5 Å². The highest BCUT2D eigenvalue weighted by atomic mass is 79.9. The van der Waals surface area contributed by atoms with Crippen LogP contribution in [0.25, 0.3) is 0 Å². The smallest absolute Gasteiger partial charge is 0.340 e. The van der Waals surface area contributed by atoms with Crippen molar-refractivity contribution in [3.63, 3.8) is 0 Å². The summed E-state index contributed by atoms with van der Waals surface area (Å²) in [4.78, 5) is 21.7. The molecule has 0 spiro atoms. The van der Waals surface area contributed by atoms with E-state index >= 15 is 0 Å². The highest BCUT2D eigenvalue weighted by Gasteiger charge is 2.14. The lowest BCUT2D eigenvalue weighted by Gasteiger charge is -2.02. The Morgan fingerprint density at radius 1 is 0.920 bits per heavy atom. The molecule has 0 amide bonds. The molecule has 6 nitrogen and oxygen atoms in total. The van der Waals surface area contributed by atoms with E-state index in [2.05, 4.69) is 25.4 Å². The zero-order valence-electron chi connectivity index (χ0n) is 13.0. The van der Waals surface area contributed by atoms with E-state index < -0.39 is 23.6 Å². The second-order valence-electron chi connectivity index (χ2n) is 4.43. The third-order valence-corrected chi connectivity index (χ3v) is 3.43. The van der Waals surface area contributed by atoms with E-state index in [1.807, 2.05) is 0 Å². The maximum atomic E-state index is 13.0. The van der Waals surface area contributed by atoms with Gasteiger partial charge in [-0.1, -0.05) is 0 Å². The van der Waals surface area contributed by atoms with Gasteiger partial charge in [0.1, 0.15) is 23.1 Å². The molecular weight excluding hydrogens is 406 g/mol. The molecule has 9 heteroatoms. The SMILES string of the molecule is COC(=O)c1cc(Br)c(O)cc1F.COC(=O)c1ccc(O)cc1F. The van der Waals surface area contributed by atoms with Gasteiger partial charge in [0.15, 0.2) is 0 Å². The minimum Gasteiger partial charge on any atom is -0.508 e. The summed E-state index contributed by atoms with van der Waals surface area (Å²) >= 11 is 2.95. The molecule has 2 aromatic rings. The number of phenolic OH excluding ortho intramolecular Hbond substituents is 2. The van der Waals surface area contributed by atoms with Crippen LogP contribution in [-0.4, -0.2) is 36.4 Å². The minimum absolute atomic E-state index is 0.185. The molecular formula is C16H13BrF2O6. The molecule has 0 aliphatic rings. The van der Waals surface area contributed by atoms with E-state index in [9.17, 15) is 18.4 Å². The van der Waals surface area contributed by atoms with Crippen LogP contribution in [0.4, 0.5) is 8.78 Å². The van der Waals surface area contributed by atoms with Gasteiger partial charge in [0.2, 0.25) is 0 Å². The lowest BCUT2D eigenvalue weighted by atomic mass is 10.2. The monoisotopic (exact) mass is 418 g/mol. The summed E-state index contributed by atoms with van der Waals surface area (Å²) in [7, 11) is 2.32. The number of rotatable bonds is 2. The quantitative estimate of drug-likeness (QED) is 0.726. The molecule has 0 heterocycles. The molecule has 0 saturated carbocycles. The number of methoxy groups -OCH3 is 2. The minimum atomic E-state index is -0.812. The van der Waals surface area contributed by atoms with Gasteiger partial charge in [-0.25, -0.2) is 18.4 Å². The van der Waals surface area contributed by atoms with Crippen LogP contribution in [0.15, 0.2) is 34.8 Å². The predicted molar refractivity (Wildman–Crippen MR) is 86.5 cm³/mol. The van der Waals surface area contributed by atoms with Crippen LogP contribution < -0.4 is 0 Å². The Kier molecular flexibility index (Phi) is 7.31. The fourth-order valence-electron chi connectivity index (χ4n) is 1.58. The number of carbonyl (C=O) groups excluding carboxylic acids is 2. The van der Waals surface area contributed by atoms with Crippen molar-refractivity contribution in [1.82, 2.24) is 0 Å². The molecule has 0 saturated heterocycles. The average Bonchev–Trinajstić information content (AvgIpc) is 2.57. The van der Waals surface area contributed by atoms with Crippen molar-refractivity contribution in [1.29, 1.82) is 0 Å². The first kappa shape index (κ1) is 20.4. The van der Waals surface area contributed by atoms with E-state index in [-0.39, 0.29) is 27.1 Å². The maximum absolute atomic E-state index is 13.0. The van der Waals surface area contributed by atoms with Gasteiger partial charge in [-0.2, -0.15) is 0 Å². The molecule has 134 valence electrons. The topological polar surface area (TPSA) is 93.1 Å². The van der Waals surface area contributed by atoms with E-state index in [0.29, 0.717) is 0 Å². The molecule has 0 bridgehead atoms. The van der Waals surface area contributed by atoms with Gasteiger partial charge in [0, 0.05) is 12.1 Å². The Labute approximate surface area is 149 Å². The van der Waals surface area contributed by atoms with Gasteiger partial charge in [-0.15, -0.1) is 0 Å². The zero-order chi connectivity index (χ0) is 19.1. The van der Waals surface area contributed by atoms with Crippen molar-refractivity contribution in [3.05, 3.63) is 57.6 Å². The zero-order valence-corrected chi connectivity index (χ0v) is 14.6. The molecule has 2 aromatic carbocycles. The van der Waals surface area contributed by atoms with Crippen LogP contribution in [0.2, 0.25) is 0 Å². The van der Waals surface area contributed by atoms with Crippen molar-refractivity contribution in [2.24, 2.45) is 0 Å². The lowest BCUT2D eigenvalue weighted by molar-refractivity contribution is 0.0586. The first-order valence-electron chi connectivity index (χ1n) is 6.54. The molecule has 0 aliphatic carbocycles. The Morgan fingerprint density at radius 2 is 1.44 bits per heavy atom. The van der Waals surface area contributed by atoms with Crippen LogP contribution >= 0.6 is 15.9 Å². The van der Waals surface area contributed by atoms with E-state index in [4.69, 9.17) is 10.2 Å². The number of hydrogen-bond donors (Lipinski definition) is 2. The number of hydrogen-bond acceptors (Lipinski definition) is 6. The number of benzene rings is 2. The summed E-state index contributed by atoms with van der Waals surface area (Å²) in [5.74, 6) is -3.62. The molecule has 0 aliphatic heterocycles. The van der Waals surface area contributed by atoms with Crippen molar-refractivity contribution in [2.45, 2.75) is 0 Å². The number of carbonyl (C=O) groups is 2. The summed E-state index contributed by atoms with van der Waals surface area (Å²) < 4.78 is 34.7. The van der Waals surface area contributed by atoms with Gasteiger partial charge >= 0.3 is 11.9 Å². The highest BCUT2D eigenvalue weighted by Crippen LogP contribution is 2.26. The van der Waals surface area contributed by atoms with E-state index in [1.54, 1.807) is 0 Å². The molecule has 2 N–H and O–H groups in total. The van der Waals surface area contributed by atoms with Crippen LogP contribution in [0, 0.1) is 11.6 Å². The van der Waals surface area contributed by atoms with Gasteiger partial charge in [0.25, 0.3) is 0 Å². The predicted octanol–water partition coefficient (Wildman–Crippen LogP) is 3.40. The van der Waals surface area contributed by atoms with E-state index in [0.717, 1.165) is 38.5 Å². The maximum Gasteiger partial charge on any atom is 0.340 e. The largest absolute Gasteiger partial charge is 0.508 e. The summed E-state index contributed by atoms with van der Waals surface area (Å²) in [5.41, 5.74) is -0.400. The van der Waals surface area contributed by atoms with Crippen LogP contribution in [-0.2, 0) is 9.47 Å². The Hall–Kier alpha value is -2.68. The molecule has 0 unspecified atom stereocenters. The first-order chi connectivity index (χ1) is 11.7. The molecule has 0 fully saturated rings. The van der Waals surface area contributed by atoms with Crippen molar-refractivity contribution in [3.8, 4) is 11.5 Å². The van der Waals surface area contributed by atoms with Gasteiger partial charge in [-0.3, -0.25) is 0 Å². The normalized spacial score (nSPS) is 9.64. The number of ether oxygens (including phenoxy) is 2. The molecule has 0 aromatic heterocycles. The fourth-order valence-corrected chi connectivity index (χ4v) is 1.93. The average molecular weight is 419 g/mol. The second kappa shape index (κ2) is 8.97. The molecule has 0 atom stereocenters. The second-order valence-corrected chi connectivity index (χ2v) is 5.29. The number of phenols is 2. The lowest BCUT2D eigenvalue weighted by Crippen LogP contribution is -2.04. The summed E-state index contributed by atoms with van der Waals surface area (Å²) in [6, 6.07) is 5.24. The molecule has 0 radical (unpaired) electrons. The number of esters is 2.